The first-order chi connectivity index (χ1) is 9.43. The van der Waals surface area contributed by atoms with Gasteiger partial charge >= 0.3 is 0 Å². The van der Waals surface area contributed by atoms with E-state index in [-0.39, 0.29) is 24.5 Å². The predicted octanol–water partition coefficient (Wildman–Crippen LogP) is 2.92. The molecular formula is C16H25NO2S. The number of amides is 1. The number of hydrogen-bond acceptors (Lipinski definition) is 3. The molecule has 0 saturated carbocycles. The SMILES string of the molecule is Cc1ccc(SCCC(=O)N[C@H](CO)C(C)C)cc1C. The lowest BCUT2D eigenvalue weighted by Gasteiger charge is -2.19. The molecular weight excluding hydrogens is 270 g/mol. The number of rotatable bonds is 7. The molecule has 0 spiro atoms. The highest BCUT2D eigenvalue weighted by Gasteiger charge is 2.14. The molecule has 0 fully saturated rings. The van der Waals surface area contributed by atoms with Crippen molar-refractivity contribution in [2.75, 3.05) is 12.4 Å². The molecule has 20 heavy (non-hydrogen) atoms. The third-order valence-corrected chi connectivity index (χ3v) is 4.42. The molecule has 0 aromatic heterocycles. The Balaban J connectivity index is 2.36. The number of carbonyl (C=O) groups is 1. The summed E-state index contributed by atoms with van der Waals surface area (Å²) in [6.07, 6.45) is 0.473. The molecule has 0 aliphatic carbocycles. The summed E-state index contributed by atoms with van der Waals surface area (Å²) in [6, 6.07) is 6.21. The summed E-state index contributed by atoms with van der Waals surface area (Å²) in [5.74, 6) is 1.01. The fourth-order valence-electron chi connectivity index (χ4n) is 1.77. The van der Waals surface area contributed by atoms with E-state index in [1.807, 2.05) is 13.8 Å². The Hall–Kier alpha value is -1.00. The third-order valence-electron chi connectivity index (χ3n) is 3.42. The topological polar surface area (TPSA) is 49.3 Å². The second kappa shape index (κ2) is 8.32. The van der Waals surface area contributed by atoms with Gasteiger partial charge in [-0.15, -0.1) is 11.8 Å². The van der Waals surface area contributed by atoms with Crippen molar-refractivity contribution in [3.05, 3.63) is 29.3 Å². The van der Waals surface area contributed by atoms with E-state index in [0.29, 0.717) is 6.42 Å². The van der Waals surface area contributed by atoms with Crippen molar-refractivity contribution < 1.29 is 9.90 Å². The van der Waals surface area contributed by atoms with Crippen LogP contribution >= 0.6 is 11.8 Å². The molecule has 2 N–H and O–H groups in total. The standard InChI is InChI=1S/C16H25NO2S/c1-11(2)15(10-18)17-16(19)7-8-20-14-6-5-12(3)13(4)9-14/h5-6,9,11,15,18H,7-8,10H2,1-4H3,(H,17,19)/t15-/m1/s1. The zero-order valence-electron chi connectivity index (χ0n) is 12.8. The van der Waals surface area contributed by atoms with E-state index >= 15 is 0 Å². The molecule has 1 rings (SSSR count). The number of aryl methyl sites for hydroxylation is 2. The first kappa shape index (κ1) is 17.1. The van der Waals surface area contributed by atoms with Crippen LogP contribution in [0.15, 0.2) is 23.1 Å². The van der Waals surface area contributed by atoms with Crippen LogP contribution in [0.5, 0.6) is 0 Å². The molecule has 0 saturated heterocycles. The minimum atomic E-state index is -0.144. The highest BCUT2D eigenvalue weighted by molar-refractivity contribution is 7.99. The summed E-state index contributed by atoms with van der Waals surface area (Å²) >= 11 is 1.69. The van der Waals surface area contributed by atoms with Gasteiger partial charge in [0, 0.05) is 17.1 Å². The fraction of sp³-hybridized carbons (Fsp3) is 0.562. The van der Waals surface area contributed by atoms with Crippen molar-refractivity contribution in [2.45, 2.75) is 45.1 Å². The van der Waals surface area contributed by atoms with Gasteiger partial charge in [0.05, 0.1) is 12.6 Å². The Kier molecular flexibility index (Phi) is 7.10. The number of hydrogen-bond donors (Lipinski definition) is 2. The van der Waals surface area contributed by atoms with E-state index in [9.17, 15) is 9.90 Å². The summed E-state index contributed by atoms with van der Waals surface area (Å²) in [5, 5.41) is 12.1. The molecule has 0 bridgehead atoms. The molecule has 1 aromatic carbocycles. The van der Waals surface area contributed by atoms with Gasteiger partial charge in [-0.2, -0.15) is 0 Å². The van der Waals surface area contributed by atoms with Crippen molar-refractivity contribution in [3.8, 4) is 0 Å². The van der Waals surface area contributed by atoms with E-state index in [0.717, 1.165) is 5.75 Å². The number of benzene rings is 1. The molecule has 0 aliphatic rings. The van der Waals surface area contributed by atoms with E-state index in [2.05, 4.69) is 37.4 Å². The summed E-state index contributed by atoms with van der Waals surface area (Å²) in [4.78, 5) is 13.0. The maximum absolute atomic E-state index is 11.8. The lowest BCUT2D eigenvalue weighted by molar-refractivity contribution is -0.122. The molecule has 112 valence electrons. The van der Waals surface area contributed by atoms with Gasteiger partial charge in [0.1, 0.15) is 0 Å². The maximum atomic E-state index is 11.8. The zero-order valence-corrected chi connectivity index (χ0v) is 13.6. The van der Waals surface area contributed by atoms with Crippen LogP contribution in [0.4, 0.5) is 0 Å². The van der Waals surface area contributed by atoms with Gasteiger partial charge in [0.15, 0.2) is 0 Å². The third kappa shape index (κ3) is 5.55. The zero-order chi connectivity index (χ0) is 15.1. The Morgan fingerprint density at radius 1 is 1.30 bits per heavy atom. The largest absolute Gasteiger partial charge is 0.394 e. The van der Waals surface area contributed by atoms with Crippen LogP contribution < -0.4 is 5.32 Å². The van der Waals surface area contributed by atoms with Crippen LogP contribution in [0.25, 0.3) is 0 Å². The predicted molar refractivity (Wildman–Crippen MR) is 85.1 cm³/mol. The number of aliphatic hydroxyl groups excluding tert-OH is 1. The smallest absolute Gasteiger partial charge is 0.221 e. The van der Waals surface area contributed by atoms with Gasteiger partial charge in [-0.3, -0.25) is 4.79 Å². The number of nitrogens with one attached hydrogen (secondary N) is 1. The summed E-state index contributed by atoms with van der Waals surface area (Å²) < 4.78 is 0. The van der Waals surface area contributed by atoms with E-state index in [1.165, 1.54) is 16.0 Å². The second-order valence-electron chi connectivity index (χ2n) is 5.45. The van der Waals surface area contributed by atoms with Crippen LogP contribution in [0.1, 0.15) is 31.4 Å². The molecule has 4 heteroatoms. The number of aliphatic hydroxyl groups is 1. The summed E-state index contributed by atoms with van der Waals surface area (Å²) in [6.45, 7) is 8.17. The van der Waals surface area contributed by atoms with Crippen LogP contribution in [-0.2, 0) is 4.79 Å². The highest BCUT2D eigenvalue weighted by atomic mass is 32.2. The van der Waals surface area contributed by atoms with Crippen molar-refractivity contribution >= 4 is 17.7 Å². The lowest BCUT2D eigenvalue weighted by atomic mass is 10.1. The molecule has 0 unspecified atom stereocenters. The summed E-state index contributed by atoms with van der Waals surface area (Å²) in [5.41, 5.74) is 2.56. The van der Waals surface area contributed by atoms with Gasteiger partial charge in [-0.05, 0) is 43.0 Å². The van der Waals surface area contributed by atoms with Crippen molar-refractivity contribution in [2.24, 2.45) is 5.92 Å². The molecule has 0 aliphatic heterocycles. The van der Waals surface area contributed by atoms with Gasteiger partial charge in [-0.1, -0.05) is 19.9 Å². The Bertz CT molecular complexity index is 446. The monoisotopic (exact) mass is 295 g/mol. The van der Waals surface area contributed by atoms with E-state index < -0.39 is 0 Å². The molecule has 0 heterocycles. The number of carbonyl (C=O) groups excluding carboxylic acids is 1. The lowest BCUT2D eigenvalue weighted by Crippen LogP contribution is -2.41. The van der Waals surface area contributed by atoms with Crippen molar-refractivity contribution in [3.63, 3.8) is 0 Å². The Morgan fingerprint density at radius 2 is 2.00 bits per heavy atom. The van der Waals surface area contributed by atoms with Gasteiger partial charge < -0.3 is 10.4 Å². The van der Waals surface area contributed by atoms with E-state index in [4.69, 9.17) is 0 Å². The van der Waals surface area contributed by atoms with Gasteiger partial charge in [0.25, 0.3) is 0 Å². The van der Waals surface area contributed by atoms with Crippen LogP contribution in [-0.4, -0.2) is 29.4 Å². The Labute approximate surface area is 126 Å². The summed E-state index contributed by atoms with van der Waals surface area (Å²) in [7, 11) is 0. The molecule has 1 atom stereocenters. The minimum absolute atomic E-state index is 0.00624. The highest BCUT2D eigenvalue weighted by Crippen LogP contribution is 2.21. The normalized spacial score (nSPS) is 12.5. The van der Waals surface area contributed by atoms with Crippen molar-refractivity contribution in [1.29, 1.82) is 0 Å². The van der Waals surface area contributed by atoms with E-state index in [1.54, 1.807) is 11.8 Å². The van der Waals surface area contributed by atoms with Gasteiger partial charge in [-0.25, -0.2) is 0 Å². The molecule has 1 amide bonds. The Morgan fingerprint density at radius 3 is 2.55 bits per heavy atom. The first-order valence-corrected chi connectivity index (χ1v) is 8.03. The fourth-order valence-corrected chi connectivity index (χ4v) is 2.71. The first-order valence-electron chi connectivity index (χ1n) is 7.04. The average molecular weight is 295 g/mol. The average Bonchev–Trinajstić information content (AvgIpc) is 2.39. The van der Waals surface area contributed by atoms with Crippen LogP contribution in [0.3, 0.4) is 0 Å². The minimum Gasteiger partial charge on any atom is -0.394 e. The number of thioether (sulfide) groups is 1. The van der Waals surface area contributed by atoms with Crippen molar-refractivity contribution in [1.82, 2.24) is 5.32 Å². The maximum Gasteiger partial charge on any atom is 0.221 e. The van der Waals surface area contributed by atoms with Crippen LogP contribution in [0.2, 0.25) is 0 Å². The molecule has 3 nitrogen and oxygen atoms in total. The molecule has 1 aromatic rings. The second-order valence-corrected chi connectivity index (χ2v) is 6.61. The molecule has 0 radical (unpaired) electrons. The quantitative estimate of drug-likeness (QED) is 0.760. The van der Waals surface area contributed by atoms with Gasteiger partial charge in [0.2, 0.25) is 5.91 Å². The van der Waals surface area contributed by atoms with Crippen LogP contribution in [0, 0.1) is 19.8 Å².